The number of amides is 1. The van der Waals surface area contributed by atoms with Crippen molar-refractivity contribution in [2.45, 2.75) is 20.3 Å². The second-order valence-electron chi connectivity index (χ2n) is 6.04. The van der Waals surface area contributed by atoms with Crippen LogP contribution < -0.4 is 5.32 Å². The van der Waals surface area contributed by atoms with Crippen molar-refractivity contribution in [2.24, 2.45) is 0 Å². The van der Waals surface area contributed by atoms with Crippen LogP contribution >= 0.6 is 33.9 Å². The molecule has 0 saturated carbocycles. The monoisotopic (exact) mass is 489 g/mol. The second-order valence-corrected chi connectivity index (χ2v) is 8.15. The zero-order valence-corrected chi connectivity index (χ0v) is 17.7. The maximum Gasteiger partial charge on any atom is 0.256 e. The summed E-state index contributed by atoms with van der Waals surface area (Å²) in [6.07, 6.45) is 0.773. The molecule has 0 atom stereocenters. The molecule has 0 saturated heterocycles. The van der Waals surface area contributed by atoms with E-state index in [9.17, 15) is 4.79 Å². The van der Waals surface area contributed by atoms with Crippen LogP contribution in [0.25, 0.3) is 15.5 Å². The summed E-state index contributed by atoms with van der Waals surface area (Å²) >= 11 is 3.66. The molecular formula is C19H16IN5OS. The fourth-order valence-corrected chi connectivity index (χ4v) is 4.21. The number of aromatic nitrogens is 4. The lowest BCUT2D eigenvalue weighted by Gasteiger charge is -2.10. The Morgan fingerprint density at radius 2 is 2.04 bits per heavy atom. The molecule has 136 valence electrons. The highest BCUT2D eigenvalue weighted by atomic mass is 127. The van der Waals surface area contributed by atoms with Gasteiger partial charge >= 0.3 is 0 Å². The van der Waals surface area contributed by atoms with Crippen LogP contribution in [0.2, 0.25) is 0 Å². The number of carbonyl (C=O) groups is 1. The van der Waals surface area contributed by atoms with Crippen LogP contribution in [-0.4, -0.2) is 25.7 Å². The highest BCUT2D eigenvalue weighted by Crippen LogP contribution is 2.29. The molecule has 2 aromatic carbocycles. The minimum atomic E-state index is -0.119. The third-order valence-corrected chi connectivity index (χ3v) is 6.11. The van der Waals surface area contributed by atoms with Gasteiger partial charge in [-0.25, -0.2) is 0 Å². The number of benzene rings is 2. The van der Waals surface area contributed by atoms with Gasteiger partial charge in [0.15, 0.2) is 5.82 Å². The van der Waals surface area contributed by atoms with E-state index in [0.29, 0.717) is 5.56 Å². The Hall–Kier alpha value is -2.33. The number of anilines is 1. The summed E-state index contributed by atoms with van der Waals surface area (Å²) < 4.78 is 2.70. The number of nitrogens with zero attached hydrogens (tertiary/aromatic N) is 4. The first kappa shape index (κ1) is 18.1. The quantitative estimate of drug-likeness (QED) is 0.426. The number of fused-ring (bicyclic) bond motifs is 1. The maximum atomic E-state index is 12.7. The minimum absolute atomic E-state index is 0.119. The second kappa shape index (κ2) is 7.35. The van der Waals surface area contributed by atoms with Crippen molar-refractivity contribution in [3.8, 4) is 10.6 Å². The van der Waals surface area contributed by atoms with Gasteiger partial charge in [0.25, 0.3) is 5.91 Å². The fourth-order valence-electron chi connectivity index (χ4n) is 2.72. The van der Waals surface area contributed by atoms with Gasteiger partial charge in [0.05, 0.1) is 5.56 Å². The third-order valence-electron chi connectivity index (χ3n) is 4.22. The van der Waals surface area contributed by atoms with Crippen LogP contribution in [0.1, 0.15) is 28.7 Å². The molecular weight excluding hydrogens is 473 g/mol. The predicted octanol–water partition coefficient (Wildman–Crippen LogP) is 4.58. The van der Waals surface area contributed by atoms with Gasteiger partial charge < -0.3 is 5.32 Å². The molecule has 0 fully saturated rings. The van der Waals surface area contributed by atoms with Crippen LogP contribution in [0.4, 0.5) is 5.69 Å². The summed E-state index contributed by atoms with van der Waals surface area (Å²) in [5.74, 6) is 0.721. The molecule has 4 aromatic rings. The maximum absolute atomic E-state index is 12.7. The van der Waals surface area contributed by atoms with E-state index in [1.807, 2.05) is 56.3 Å². The van der Waals surface area contributed by atoms with Gasteiger partial charge in [-0.05, 0) is 53.3 Å². The van der Waals surface area contributed by atoms with Gasteiger partial charge in [0.2, 0.25) is 4.96 Å². The predicted molar refractivity (Wildman–Crippen MR) is 115 cm³/mol. The van der Waals surface area contributed by atoms with Gasteiger partial charge in [-0.1, -0.05) is 42.5 Å². The van der Waals surface area contributed by atoms with E-state index in [1.165, 1.54) is 11.3 Å². The molecule has 0 bridgehead atoms. The van der Waals surface area contributed by atoms with Crippen molar-refractivity contribution in [3.05, 3.63) is 63.0 Å². The van der Waals surface area contributed by atoms with E-state index in [-0.39, 0.29) is 5.91 Å². The summed E-state index contributed by atoms with van der Waals surface area (Å²) in [4.78, 5) is 13.4. The summed E-state index contributed by atoms with van der Waals surface area (Å²) in [5.41, 5.74) is 3.37. The molecule has 0 aliphatic heterocycles. The lowest BCUT2D eigenvalue weighted by Crippen LogP contribution is -2.14. The number of hydrogen-bond acceptors (Lipinski definition) is 5. The Labute approximate surface area is 173 Å². The van der Waals surface area contributed by atoms with Crippen molar-refractivity contribution < 1.29 is 4.79 Å². The standard InChI is InChI=1S/C19H16IN5OS/c1-3-16-22-23-19-25(16)24-18(27-19)12-9-8-11(2)15(10-12)21-17(26)13-6-4-5-7-14(13)20/h4-10H,3H2,1-2H3,(H,21,26). The first-order valence-electron chi connectivity index (χ1n) is 8.45. The Bertz CT molecular complexity index is 1150. The molecule has 27 heavy (non-hydrogen) atoms. The van der Waals surface area contributed by atoms with Crippen LogP contribution in [0.3, 0.4) is 0 Å². The molecule has 1 N–H and O–H groups in total. The van der Waals surface area contributed by atoms with E-state index in [2.05, 4.69) is 43.2 Å². The first-order chi connectivity index (χ1) is 13.1. The normalized spacial score (nSPS) is 11.1. The topological polar surface area (TPSA) is 72.2 Å². The fraction of sp³-hybridized carbons (Fsp3) is 0.158. The van der Waals surface area contributed by atoms with Crippen molar-refractivity contribution in [2.75, 3.05) is 5.32 Å². The van der Waals surface area contributed by atoms with Gasteiger partial charge in [-0.15, -0.1) is 10.2 Å². The highest BCUT2D eigenvalue weighted by Gasteiger charge is 2.15. The molecule has 0 spiro atoms. The average molecular weight is 489 g/mol. The lowest BCUT2D eigenvalue weighted by molar-refractivity contribution is 0.102. The molecule has 0 aliphatic rings. The number of carbonyl (C=O) groups excluding carboxylic acids is 1. The highest BCUT2D eigenvalue weighted by molar-refractivity contribution is 14.1. The number of nitrogens with one attached hydrogen (secondary N) is 1. The van der Waals surface area contributed by atoms with Crippen LogP contribution in [0, 0.1) is 10.5 Å². The molecule has 2 aromatic heterocycles. The smallest absolute Gasteiger partial charge is 0.256 e. The summed E-state index contributed by atoms with van der Waals surface area (Å²) in [6.45, 7) is 4.00. The molecule has 6 nitrogen and oxygen atoms in total. The minimum Gasteiger partial charge on any atom is -0.322 e. The van der Waals surface area contributed by atoms with E-state index in [0.717, 1.165) is 42.6 Å². The molecule has 8 heteroatoms. The van der Waals surface area contributed by atoms with E-state index in [4.69, 9.17) is 0 Å². The van der Waals surface area contributed by atoms with Gasteiger partial charge in [-0.2, -0.15) is 9.61 Å². The summed E-state index contributed by atoms with van der Waals surface area (Å²) in [7, 11) is 0. The number of halogens is 1. The van der Waals surface area contributed by atoms with Gasteiger partial charge in [0.1, 0.15) is 5.01 Å². The van der Waals surface area contributed by atoms with E-state index < -0.39 is 0 Å². The lowest BCUT2D eigenvalue weighted by atomic mass is 10.1. The molecule has 0 unspecified atom stereocenters. The third kappa shape index (κ3) is 3.46. The van der Waals surface area contributed by atoms with Crippen molar-refractivity contribution in [3.63, 3.8) is 0 Å². The molecule has 4 rings (SSSR count). The number of hydrogen-bond donors (Lipinski definition) is 1. The first-order valence-corrected chi connectivity index (χ1v) is 10.3. The molecule has 2 heterocycles. The molecule has 0 radical (unpaired) electrons. The Kier molecular flexibility index (Phi) is 4.92. The van der Waals surface area contributed by atoms with Crippen molar-refractivity contribution >= 4 is 50.5 Å². The largest absolute Gasteiger partial charge is 0.322 e. The average Bonchev–Trinajstić information content (AvgIpc) is 3.24. The van der Waals surface area contributed by atoms with E-state index in [1.54, 1.807) is 4.52 Å². The van der Waals surface area contributed by atoms with Crippen molar-refractivity contribution in [1.82, 2.24) is 19.8 Å². The van der Waals surface area contributed by atoms with E-state index >= 15 is 0 Å². The Morgan fingerprint density at radius 3 is 2.81 bits per heavy atom. The zero-order valence-electron chi connectivity index (χ0n) is 14.7. The van der Waals surface area contributed by atoms with Crippen LogP contribution in [0.5, 0.6) is 0 Å². The SMILES string of the molecule is CCc1nnc2sc(-c3ccc(C)c(NC(=O)c4ccccc4I)c3)nn12. The van der Waals surface area contributed by atoms with Crippen LogP contribution in [0.15, 0.2) is 42.5 Å². The zero-order chi connectivity index (χ0) is 19.0. The molecule has 1 amide bonds. The van der Waals surface area contributed by atoms with Gasteiger partial charge in [0, 0.05) is 21.2 Å². The van der Waals surface area contributed by atoms with Crippen molar-refractivity contribution in [1.29, 1.82) is 0 Å². The number of aryl methyl sites for hydroxylation is 2. The Morgan fingerprint density at radius 1 is 1.22 bits per heavy atom. The number of rotatable bonds is 4. The molecule has 0 aliphatic carbocycles. The summed E-state index contributed by atoms with van der Waals surface area (Å²) in [6, 6.07) is 13.5. The summed E-state index contributed by atoms with van der Waals surface area (Å²) in [5, 5.41) is 16.8. The van der Waals surface area contributed by atoms with Gasteiger partial charge in [-0.3, -0.25) is 4.79 Å². The van der Waals surface area contributed by atoms with Crippen LogP contribution in [-0.2, 0) is 6.42 Å². The Balaban J connectivity index is 1.67.